The zero-order chi connectivity index (χ0) is 11.0. The molecule has 0 aromatic heterocycles. The topological polar surface area (TPSA) is 17.1 Å². The highest BCUT2D eigenvalue weighted by molar-refractivity contribution is 8.77. The van der Waals surface area contributed by atoms with Gasteiger partial charge in [0.25, 0.3) is 0 Å². The van der Waals surface area contributed by atoms with E-state index in [1.54, 1.807) is 6.92 Å². The lowest BCUT2D eigenvalue weighted by atomic mass is 10.1. The van der Waals surface area contributed by atoms with Gasteiger partial charge in [0.1, 0.15) is 5.78 Å². The molecule has 3 heteroatoms. The van der Waals surface area contributed by atoms with E-state index in [0.717, 1.165) is 18.6 Å². The van der Waals surface area contributed by atoms with Crippen molar-refractivity contribution in [3.05, 3.63) is 0 Å². The fourth-order valence-electron chi connectivity index (χ4n) is 1.22. The molecule has 0 fully saturated rings. The van der Waals surface area contributed by atoms with Crippen LogP contribution in [0, 0.1) is 0 Å². The van der Waals surface area contributed by atoms with Crippen molar-refractivity contribution in [1.82, 2.24) is 0 Å². The van der Waals surface area contributed by atoms with Crippen molar-refractivity contribution in [3.8, 4) is 0 Å². The van der Waals surface area contributed by atoms with E-state index in [9.17, 15) is 4.79 Å². The van der Waals surface area contributed by atoms with Crippen LogP contribution in [0.2, 0.25) is 0 Å². The summed E-state index contributed by atoms with van der Waals surface area (Å²) >= 11 is 0. The summed E-state index contributed by atoms with van der Waals surface area (Å²) in [5.41, 5.74) is 0. The van der Waals surface area contributed by atoms with Crippen LogP contribution in [0.1, 0.15) is 53.4 Å². The average molecular weight is 234 g/mol. The summed E-state index contributed by atoms with van der Waals surface area (Å²) in [5.74, 6) is 1.40. The lowest BCUT2D eigenvalue weighted by Gasteiger charge is -2.22. The third kappa shape index (κ3) is 8.95. The van der Waals surface area contributed by atoms with Crippen molar-refractivity contribution in [2.45, 2.75) is 58.1 Å². The third-order valence-corrected chi connectivity index (χ3v) is 5.33. The molecule has 0 spiro atoms. The molecule has 0 heterocycles. The molecule has 0 atom stereocenters. The predicted octanol–water partition coefficient (Wildman–Crippen LogP) is 4.32. The zero-order valence-electron chi connectivity index (χ0n) is 9.76. The first-order chi connectivity index (χ1) is 6.48. The maximum absolute atomic E-state index is 10.7. The first-order valence-corrected chi connectivity index (χ1v) is 7.60. The molecule has 0 saturated carbocycles. The first kappa shape index (κ1) is 14.4. The van der Waals surface area contributed by atoms with Crippen molar-refractivity contribution in [1.29, 1.82) is 0 Å². The summed E-state index contributed by atoms with van der Waals surface area (Å²) in [6.45, 7) is 8.47. The Labute approximate surface area is 96.2 Å². The van der Waals surface area contributed by atoms with Crippen LogP contribution in [0.15, 0.2) is 0 Å². The molecule has 14 heavy (non-hydrogen) atoms. The van der Waals surface area contributed by atoms with Gasteiger partial charge in [0, 0.05) is 16.9 Å². The maximum atomic E-state index is 10.7. The van der Waals surface area contributed by atoms with Crippen LogP contribution in [0.25, 0.3) is 0 Å². The fraction of sp³-hybridized carbons (Fsp3) is 0.909. The SMILES string of the molecule is CCCC(C)(C)SSCCCC(C)=O. The molecular formula is C11H22OS2. The van der Waals surface area contributed by atoms with Crippen LogP contribution < -0.4 is 0 Å². The summed E-state index contributed by atoms with van der Waals surface area (Å²) in [7, 11) is 3.87. The van der Waals surface area contributed by atoms with Gasteiger partial charge in [-0.05, 0) is 33.6 Å². The Balaban J connectivity index is 3.39. The van der Waals surface area contributed by atoms with Crippen LogP contribution >= 0.6 is 21.6 Å². The Bertz CT molecular complexity index is 167. The molecule has 0 radical (unpaired) electrons. The molecule has 0 aromatic rings. The molecule has 0 saturated heterocycles. The minimum atomic E-state index is 0.309. The van der Waals surface area contributed by atoms with Crippen LogP contribution in [0.4, 0.5) is 0 Å². The molecule has 0 aliphatic carbocycles. The van der Waals surface area contributed by atoms with Gasteiger partial charge >= 0.3 is 0 Å². The summed E-state index contributed by atoms with van der Waals surface area (Å²) < 4.78 is 0.385. The summed E-state index contributed by atoms with van der Waals surface area (Å²) in [4.78, 5) is 10.7. The van der Waals surface area contributed by atoms with Crippen LogP contribution in [0.5, 0.6) is 0 Å². The van der Waals surface area contributed by atoms with E-state index in [4.69, 9.17) is 0 Å². The molecule has 0 unspecified atom stereocenters. The minimum absolute atomic E-state index is 0.309. The van der Waals surface area contributed by atoms with E-state index in [1.807, 2.05) is 21.6 Å². The smallest absolute Gasteiger partial charge is 0.129 e. The standard InChI is InChI=1S/C11H22OS2/c1-5-8-11(3,4)14-13-9-6-7-10(2)12/h5-9H2,1-4H3. The van der Waals surface area contributed by atoms with Gasteiger partial charge in [0.15, 0.2) is 0 Å². The van der Waals surface area contributed by atoms with E-state index < -0.39 is 0 Å². The summed E-state index contributed by atoms with van der Waals surface area (Å²) in [6, 6.07) is 0. The van der Waals surface area contributed by atoms with E-state index in [-0.39, 0.29) is 0 Å². The molecule has 0 aliphatic heterocycles. The maximum Gasteiger partial charge on any atom is 0.129 e. The number of ketones is 1. The van der Waals surface area contributed by atoms with Gasteiger partial charge in [0.2, 0.25) is 0 Å². The van der Waals surface area contributed by atoms with E-state index in [0.29, 0.717) is 10.5 Å². The molecule has 84 valence electrons. The average Bonchev–Trinajstić information content (AvgIpc) is 2.02. The highest BCUT2D eigenvalue weighted by Gasteiger charge is 2.16. The van der Waals surface area contributed by atoms with E-state index in [1.165, 1.54) is 12.8 Å². The van der Waals surface area contributed by atoms with E-state index >= 15 is 0 Å². The normalized spacial score (nSPS) is 11.7. The third-order valence-electron chi connectivity index (χ3n) is 1.89. The Morgan fingerprint density at radius 2 is 2.00 bits per heavy atom. The molecule has 0 aliphatic rings. The number of Topliss-reactive ketones (excluding diaryl/α,β-unsaturated/α-hetero) is 1. The number of hydrogen-bond acceptors (Lipinski definition) is 3. The molecule has 0 aromatic carbocycles. The lowest BCUT2D eigenvalue weighted by Crippen LogP contribution is -2.12. The largest absolute Gasteiger partial charge is 0.300 e. The number of carbonyl (C=O) groups excluding carboxylic acids is 1. The van der Waals surface area contributed by atoms with Crippen molar-refractivity contribution in [3.63, 3.8) is 0 Å². The first-order valence-electron chi connectivity index (χ1n) is 5.28. The van der Waals surface area contributed by atoms with Gasteiger partial charge in [-0.2, -0.15) is 0 Å². The van der Waals surface area contributed by atoms with Crippen molar-refractivity contribution >= 4 is 27.4 Å². The van der Waals surface area contributed by atoms with E-state index in [2.05, 4.69) is 20.8 Å². The Morgan fingerprint density at radius 1 is 1.36 bits per heavy atom. The monoisotopic (exact) mass is 234 g/mol. The second-order valence-corrected chi connectivity index (χ2v) is 7.34. The van der Waals surface area contributed by atoms with Gasteiger partial charge in [-0.1, -0.05) is 34.9 Å². The van der Waals surface area contributed by atoms with Gasteiger partial charge in [-0.15, -0.1) is 0 Å². The van der Waals surface area contributed by atoms with Crippen LogP contribution in [-0.2, 0) is 4.79 Å². The molecule has 0 bridgehead atoms. The van der Waals surface area contributed by atoms with Gasteiger partial charge in [0.05, 0.1) is 0 Å². The molecular weight excluding hydrogens is 212 g/mol. The predicted molar refractivity (Wildman–Crippen MR) is 69.0 cm³/mol. The fourth-order valence-corrected chi connectivity index (χ4v) is 3.99. The highest BCUT2D eigenvalue weighted by atomic mass is 33.1. The number of hydrogen-bond donors (Lipinski definition) is 0. The Hall–Kier alpha value is 0.370. The quantitative estimate of drug-likeness (QED) is 0.460. The van der Waals surface area contributed by atoms with Crippen molar-refractivity contribution < 1.29 is 4.79 Å². The van der Waals surface area contributed by atoms with Gasteiger partial charge in [-0.25, -0.2) is 0 Å². The minimum Gasteiger partial charge on any atom is -0.300 e. The van der Waals surface area contributed by atoms with Gasteiger partial charge in [-0.3, -0.25) is 0 Å². The van der Waals surface area contributed by atoms with Crippen LogP contribution in [0.3, 0.4) is 0 Å². The van der Waals surface area contributed by atoms with Crippen molar-refractivity contribution in [2.75, 3.05) is 5.75 Å². The molecule has 0 N–H and O–H groups in total. The molecule has 0 amide bonds. The Morgan fingerprint density at radius 3 is 2.50 bits per heavy atom. The summed E-state index contributed by atoms with van der Waals surface area (Å²) in [6.07, 6.45) is 4.27. The zero-order valence-corrected chi connectivity index (χ0v) is 11.4. The number of carbonyl (C=O) groups is 1. The molecule has 1 nitrogen and oxygen atoms in total. The van der Waals surface area contributed by atoms with Gasteiger partial charge < -0.3 is 4.79 Å². The highest BCUT2D eigenvalue weighted by Crippen LogP contribution is 2.38. The number of rotatable bonds is 8. The lowest BCUT2D eigenvalue weighted by molar-refractivity contribution is -0.117. The van der Waals surface area contributed by atoms with Crippen LogP contribution in [-0.4, -0.2) is 16.3 Å². The summed E-state index contributed by atoms with van der Waals surface area (Å²) in [5, 5.41) is 0. The Kier molecular flexibility index (Phi) is 7.84. The second-order valence-electron chi connectivity index (χ2n) is 4.22. The second kappa shape index (κ2) is 7.63. The van der Waals surface area contributed by atoms with Crippen molar-refractivity contribution in [2.24, 2.45) is 0 Å². The molecule has 0 rings (SSSR count).